The molecule has 38 heavy (non-hydrogen) atoms. The first-order valence-corrected chi connectivity index (χ1v) is 14.5. The predicted molar refractivity (Wildman–Crippen MR) is 153 cm³/mol. The molecule has 0 saturated carbocycles. The fraction of sp³-hybridized carbons (Fsp3) is 0.267. The first-order chi connectivity index (χ1) is 18.5. The maximum absolute atomic E-state index is 11.5. The van der Waals surface area contributed by atoms with Crippen LogP contribution in [0.1, 0.15) is 51.8 Å². The minimum atomic E-state index is -0.868. The van der Waals surface area contributed by atoms with Gasteiger partial charge in [-0.15, -0.1) is 0 Å². The number of hydrogen-bond acceptors (Lipinski definition) is 6. The van der Waals surface area contributed by atoms with Crippen LogP contribution in [-0.2, 0) is 30.9 Å². The summed E-state index contributed by atoms with van der Waals surface area (Å²) in [4.78, 5) is 19.3. The Labute approximate surface area is 229 Å². The molecule has 3 aromatic rings. The number of thiazole rings is 1. The van der Waals surface area contributed by atoms with E-state index >= 15 is 0 Å². The lowest BCUT2D eigenvalue weighted by Crippen LogP contribution is -2.38. The van der Waals surface area contributed by atoms with Crippen molar-refractivity contribution in [2.75, 3.05) is 11.4 Å². The van der Waals surface area contributed by atoms with Gasteiger partial charge in [0.15, 0.2) is 6.54 Å². The van der Waals surface area contributed by atoms with E-state index < -0.39 is 5.97 Å². The molecule has 2 N–H and O–H groups in total. The van der Waals surface area contributed by atoms with Crippen molar-refractivity contribution in [1.29, 1.82) is 0 Å². The number of carboxylic acids is 1. The Kier molecular flexibility index (Phi) is 6.97. The minimum Gasteiger partial charge on any atom is -0.478 e. The highest BCUT2D eigenvalue weighted by molar-refractivity contribution is 8.03. The average molecular weight is 546 g/mol. The molecular formula is C30H29N2O4S2+. The Hall–Kier alpha value is -3.17. The van der Waals surface area contributed by atoms with Crippen molar-refractivity contribution in [3.8, 4) is 0 Å². The molecule has 2 aromatic carbocycles. The molecule has 4 heterocycles. The smallest absolute Gasteiger partial charge is 0.335 e. The van der Waals surface area contributed by atoms with E-state index in [2.05, 4.69) is 69.9 Å². The minimum absolute atomic E-state index is 0.212. The van der Waals surface area contributed by atoms with Gasteiger partial charge in [0, 0.05) is 29.5 Å². The number of hydrogen-bond donors (Lipinski definition) is 2. The lowest BCUT2D eigenvalue weighted by atomic mass is 9.99. The zero-order valence-corrected chi connectivity index (χ0v) is 22.8. The van der Waals surface area contributed by atoms with Gasteiger partial charge in [0.2, 0.25) is 5.52 Å². The van der Waals surface area contributed by atoms with Crippen molar-refractivity contribution >= 4 is 51.0 Å². The van der Waals surface area contributed by atoms with Crippen LogP contribution < -0.4 is 9.47 Å². The Bertz CT molecular complexity index is 1560. The quantitative estimate of drug-likeness (QED) is 0.148. The lowest BCUT2D eigenvalue weighted by Gasteiger charge is -2.27. The molecule has 8 heteroatoms. The van der Waals surface area contributed by atoms with Crippen LogP contribution in [0.4, 0.5) is 5.69 Å². The summed E-state index contributed by atoms with van der Waals surface area (Å²) in [7, 11) is 0. The summed E-state index contributed by atoms with van der Waals surface area (Å²) in [5, 5.41) is 20.7. The average Bonchev–Trinajstić information content (AvgIpc) is 3.44. The second kappa shape index (κ2) is 10.5. The molecule has 0 fully saturated rings. The van der Waals surface area contributed by atoms with Gasteiger partial charge < -0.3 is 10.0 Å². The number of benzene rings is 2. The van der Waals surface area contributed by atoms with E-state index in [0.717, 1.165) is 65.4 Å². The van der Waals surface area contributed by atoms with Crippen LogP contribution in [0.2, 0.25) is 0 Å². The largest absolute Gasteiger partial charge is 0.478 e. The second-order valence-electron chi connectivity index (χ2n) is 9.85. The normalized spacial score (nSPS) is 17.9. The number of thioether (sulfide) groups is 1. The molecule has 0 unspecified atom stereocenters. The number of carboxylic acid groups (broad SMARTS) is 1. The number of aryl methyl sites for hydroxylation is 3. The fourth-order valence-electron chi connectivity index (χ4n) is 5.55. The molecule has 0 radical (unpaired) electrons. The van der Waals surface area contributed by atoms with E-state index in [1.165, 1.54) is 26.5 Å². The Morgan fingerprint density at radius 2 is 2.03 bits per heavy atom. The molecule has 6 nitrogen and oxygen atoms in total. The molecular weight excluding hydrogens is 516 g/mol. The second-order valence-corrected chi connectivity index (χ2v) is 12.0. The molecule has 6 rings (SSSR count). The van der Waals surface area contributed by atoms with Gasteiger partial charge in [0.05, 0.1) is 16.3 Å². The number of aromatic nitrogens is 1. The highest BCUT2D eigenvalue weighted by Gasteiger charge is 2.31. The maximum atomic E-state index is 11.5. The number of carbonyl (C=O) groups is 1. The van der Waals surface area contributed by atoms with Gasteiger partial charge in [-0.25, -0.2) is 9.68 Å². The number of nitrogens with zero attached hydrogens (tertiary/aromatic N) is 2. The summed E-state index contributed by atoms with van der Waals surface area (Å²) in [6.45, 7) is 4.28. The monoisotopic (exact) mass is 545 g/mol. The summed E-state index contributed by atoms with van der Waals surface area (Å²) in [5.41, 5.74) is 7.47. The SMILES string of the molecule is CC(/C=C/C=C1\Sc2cc(C(=O)O)cc3c2N1CCC3)=C\C=C\c1sc2cc(COO)cc3c2[n+]1CCC3. The fourth-order valence-corrected chi connectivity index (χ4v) is 7.95. The number of rotatable bonds is 7. The molecule has 0 atom stereocenters. The van der Waals surface area contributed by atoms with Crippen molar-refractivity contribution < 1.29 is 24.6 Å². The third-order valence-electron chi connectivity index (χ3n) is 7.20. The Balaban J connectivity index is 1.19. The summed E-state index contributed by atoms with van der Waals surface area (Å²) < 4.78 is 3.63. The van der Waals surface area contributed by atoms with Crippen LogP contribution in [0.15, 0.2) is 70.1 Å². The Morgan fingerprint density at radius 1 is 1.16 bits per heavy atom. The van der Waals surface area contributed by atoms with Gasteiger partial charge in [0.25, 0.3) is 5.01 Å². The summed E-state index contributed by atoms with van der Waals surface area (Å²) in [6, 6.07) is 7.89. The maximum Gasteiger partial charge on any atom is 0.335 e. The van der Waals surface area contributed by atoms with E-state index in [-0.39, 0.29) is 6.61 Å². The van der Waals surface area contributed by atoms with Crippen LogP contribution in [0.3, 0.4) is 0 Å². The number of allylic oxidation sites excluding steroid dienone is 6. The summed E-state index contributed by atoms with van der Waals surface area (Å²) in [5.74, 6) is -0.868. The van der Waals surface area contributed by atoms with Crippen molar-refractivity contribution in [3.05, 3.63) is 92.5 Å². The van der Waals surface area contributed by atoms with Crippen LogP contribution in [0, 0.1) is 0 Å². The molecule has 0 bridgehead atoms. The van der Waals surface area contributed by atoms with Gasteiger partial charge >= 0.3 is 5.97 Å². The molecule has 1 aromatic heterocycles. The summed E-state index contributed by atoms with van der Waals surface area (Å²) >= 11 is 3.43. The lowest BCUT2D eigenvalue weighted by molar-refractivity contribution is -0.671. The van der Waals surface area contributed by atoms with Crippen LogP contribution in [-0.4, -0.2) is 22.9 Å². The molecule has 194 valence electrons. The van der Waals surface area contributed by atoms with Gasteiger partial charge in [-0.05, 0) is 67.7 Å². The first-order valence-electron chi connectivity index (χ1n) is 12.9. The van der Waals surface area contributed by atoms with Crippen LogP contribution in [0.5, 0.6) is 0 Å². The van der Waals surface area contributed by atoms with Gasteiger partial charge in [0.1, 0.15) is 11.3 Å². The van der Waals surface area contributed by atoms with Crippen LogP contribution >= 0.6 is 23.1 Å². The van der Waals surface area contributed by atoms with E-state index in [0.29, 0.717) is 5.56 Å². The first kappa shape index (κ1) is 25.1. The van der Waals surface area contributed by atoms with Crippen LogP contribution in [0.25, 0.3) is 16.3 Å². The standard InChI is InChI=1S/C30H28N2O4S2/c1-19(6-2-10-26-31-12-4-8-21-14-20(18-36-35)15-24(37-26)28(21)31)7-3-11-27-32-13-5-9-22-16-23(30(33)34)17-25(38-27)29(22)32/h2-3,6-7,10-11,14-17H,4-5,8-9,12-13,18H2,1H3,(H-,33,34,35)/p+1. The molecule has 3 aliphatic heterocycles. The number of anilines is 1. The molecule has 0 saturated heterocycles. The van der Waals surface area contributed by atoms with E-state index in [1.54, 1.807) is 29.2 Å². The molecule has 0 aliphatic carbocycles. The topological polar surface area (TPSA) is 73.9 Å². The van der Waals surface area contributed by atoms with Crippen molar-refractivity contribution in [2.24, 2.45) is 0 Å². The third-order valence-corrected chi connectivity index (χ3v) is 9.39. The highest BCUT2D eigenvalue weighted by atomic mass is 32.2. The van der Waals surface area contributed by atoms with Gasteiger partial charge in [-0.1, -0.05) is 53.0 Å². The zero-order valence-electron chi connectivity index (χ0n) is 21.1. The molecule has 3 aliphatic rings. The van der Waals surface area contributed by atoms with E-state index in [9.17, 15) is 9.90 Å². The Morgan fingerprint density at radius 3 is 2.87 bits per heavy atom. The number of aromatic carboxylic acids is 1. The summed E-state index contributed by atoms with van der Waals surface area (Å²) in [6.07, 6.45) is 16.8. The predicted octanol–water partition coefficient (Wildman–Crippen LogP) is 6.74. The highest BCUT2D eigenvalue weighted by Crippen LogP contribution is 2.50. The zero-order chi connectivity index (χ0) is 26.2. The molecule has 0 spiro atoms. The third kappa shape index (κ3) is 4.73. The van der Waals surface area contributed by atoms with E-state index in [1.807, 2.05) is 6.07 Å². The molecule has 0 amide bonds. The van der Waals surface area contributed by atoms with Gasteiger partial charge in [-0.3, -0.25) is 5.26 Å². The van der Waals surface area contributed by atoms with E-state index in [4.69, 9.17) is 5.26 Å². The van der Waals surface area contributed by atoms with Gasteiger partial charge in [-0.2, -0.15) is 4.57 Å². The van der Waals surface area contributed by atoms with Crippen molar-refractivity contribution in [1.82, 2.24) is 0 Å². The van der Waals surface area contributed by atoms with Crippen molar-refractivity contribution in [3.63, 3.8) is 0 Å². The van der Waals surface area contributed by atoms with Crippen molar-refractivity contribution in [2.45, 2.75) is 50.7 Å².